The lowest BCUT2D eigenvalue weighted by Gasteiger charge is -2.48. The van der Waals surface area contributed by atoms with Crippen LogP contribution in [0.3, 0.4) is 0 Å². The predicted octanol–water partition coefficient (Wildman–Crippen LogP) is 7.71. The molecule has 4 rings (SSSR count). The van der Waals surface area contributed by atoms with Crippen LogP contribution in [-0.2, 0) is 4.79 Å². The third-order valence-electron chi connectivity index (χ3n) is 6.03. The Kier molecular flexibility index (Phi) is 9.50. The quantitative estimate of drug-likeness (QED) is 0.399. The Morgan fingerprint density at radius 2 is 1.67 bits per heavy atom. The van der Waals surface area contributed by atoms with E-state index >= 15 is 0 Å². The van der Waals surface area contributed by atoms with Gasteiger partial charge in [0.05, 0.1) is 0 Å². The Morgan fingerprint density at radius 3 is 2.30 bits per heavy atom. The van der Waals surface area contributed by atoms with Gasteiger partial charge in [-0.1, -0.05) is 103 Å². The standard InChI is InChI=1S/C19H22O.C3H8.2C2H6/c1-12-9-10-19(2)13(11-12)3-4-15-14-6-8-18(20)16(14)5-7-17(15)19;1-3-2;2*1-2/h3-4,6,8-10,12,14,16-17H,5,7,11H2,1-2H3;3H2,1-2H3;2*1-2H3. The molecule has 1 nitrogen and oxygen atoms in total. The van der Waals surface area contributed by atoms with Crippen LogP contribution >= 0.6 is 0 Å². The molecule has 0 amide bonds. The minimum absolute atomic E-state index is 0.195. The first kappa shape index (κ1) is 23.7. The summed E-state index contributed by atoms with van der Waals surface area (Å²) >= 11 is 0. The van der Waals surface area contributed by atoms with Crippen LogP contribution in [-0.4, -0.2) is 5.78 Å². The number of rotatable bonds is 0. The van der Waals surface area contributed by atoms with Crippen molar-refractivity contribution in [1.82, 2.24) is 0 Å². The number of hydrogen-bond donors (Lipinski definition) is 0. The van der Waals surface area contributed by atoms with E-state index in [9.17, 15) is 4.79 Å². The lowest BCUT2D eigenvalue weighted by atomic mass is 9.55. The smallest absolute Gasteiger partial charge is 0.159 e. The van der Waals surface area contributed by atoms with Crippen LogP contribution in [0.25, 0.3) is 0 Å². The zero-order valence-corrected chi connectivity index (χ0v) is 19.0. The molecule has 5 unspecified atom stereocenters. The molecule has 1 fully saturated rings. The van der Waals surface area contributed by atoms with E-state index in [1.54, 1.807) is 5.57 Å². The minimum atomic E-state index is 0.195. The lowest BCUT2D eigenvalue weighted by Crippen LogP contribution is -2.40. The van der Waals surface area contributed by atoms with E-state index in [0.29, 0.717) is 23.5 Å². The monoisotopic (exact) mass is 370 g/mol. The average Bonchev–Trinajstić information content (AvgIpc) is 3.07. The van der Waals surface area contributed by atoms with Crippen molar-refractivity contribution in [2.24, 2.45) is 29.1 Å². The zero-order valence-electron chi connectivity index (χ0n) is 19.0. The maximum atomic E-state index is 11.9. The highest BCUT2D eigenvalue weighted by Gasteiger charge is 2.48. The number of hydrogen-bond acceptors (Lipinski definition) is 1. The third-order valence-corrected chi connectivity index (χ3v) is 6.03. The van der Waals surface area contributed by atoms with Crippen molar-refractivity contribution in [1.29, 1.82) is 0 Å². The van der Waals surface area contributed by atoms with Crippen LogP contribution in [0, 0.1) is 29.1 Å². The van der Waals surface area contributed by atoms with Crippen LogP contribution in [0.2, 0.25) is 0 Å². The van der Waals surface area contributed by atoms with Gasteiger partial charge in [-0.15, -0.1) is 0 Å². The second kappa shape index (κ2) is 10.8. The summed E-state index contributed by atoms with van der Waals surface area (Å²) in [5.74, 6) is 2.23. The molecule has 0 bridgehead atoms. The topological polar surface area (TPSA) is 17.1 Å². The molecule has 1 saturated carbocycles. The van der Waals surface area contributed by atoms with Gasteiger partial charge in [0.1, 0.15) is 0 Å². The molecule has 27 heavy (non-hydrogen) atoms. The van der Waals surface area contributed by atoms with E-state index < -0.39 is 0 Å². The number of fused-ring (bicyclic) bond motifs is 5. The Hall–Kier alpha value is -1.37. The molecule has 0 heterocycles. The highest BCUT2D eigenvalue weighted by Crippen LogP contribution is 2.56. The first-order chi connectivity index (χ1) is 13.0. The van der Waals surface area contributed by atoms with Crippen molar-refractivity contribution in [3.63, 3.8) is 0 Å². The van der Waals surface area contributed by atoms with Gasteiger partial charge in [0, 0.05) is 17.3 Å². The summed E-state index contributed by atoms with van der Waals surface area (Å²) in [4.78, 5) is 11.9. The molecule has 1 heteroatoms. The average molecular weight is 371 g/mol. The SMILES string of the molecule is CC.CC.CC1C=CC2(C)C(=CC=C3C4C=CC(=O)C4CCC32)C1.CCC. The summed E-state index contributed by atoms with van der Waals surface area (Å²) in [6, 6.07) is 0. The molecule has 0 aromatic carbocycles. The fraction of sp³-hybridized carbons (Fsp3) is 0.654. The van der Waals surface area contributed by atoms with Gasteiger partial charge in [0.25, 0.3) is 0 Å². The minimum Gasteiger partial charge on any atom is -0.295 e. The van der Waals surface area contributed by atoms with Gasteiger partial charge >= 0.3 is 0 Å². The Morgan fingerprint density at radius 1 is 1.04 bits per heavy atom. The van der Waals surface area contributed by atoms with E-state index in [1.165, 1.54) is 18.4 Å². The molecule has 0 aromatic heterocycles. The normalized spacial score (nSPS) is 34.7. The van der Waals surface area contributed by atoms with Crippen LogP contribution in [0.4, 0.5) is 0 Å². The molecule has 0 aromatic rings. The van der Waals surface area contributed by atoms with Gasteiger partial charge in [-0.3, -0.25) is 4.79 Å². The highest BCUT2D eigenvalue weighted by molar-refractivity contribution is 5.95. The molecule has 0 N–H and O–H groups in total. The lowest BCUT2D eigenvalue weighted by molar-refractivity contribution is -0.118. The van der Waals surface area contributed by atoms with Gasteiger partial charge in [-0.05, 0) is 37.2 Å². The fourth-order valence-electron chi connectivity index (χ4n) is 4.81. The van der Waals surface area contributed by atoms with Crippen molar-refractivity contribution >= 4 is 5.78 Å². The molecule has 0 radical (unpaired) electrons. The molecule has 4 aliphatic carbocycles. The molecule has 0 spiro atoms. The second-order valence-corrected chi connectivity index (χ2v) is 7.91. The van der Waals surface area contributed by atoms with Crippen LogP contribution in [0.5, 0.6) is 0 Å². The Labute approximate surface area is 168 Å². The van der Waals surface area contributed by atoms with Crippen molar-refractivity contribution < 1.29 is 4.79 Å². The predicted molar refractivity (Wildman–Crippen MR) is 120 cm³/mol. The number of ketones is 1. The maximum Gasteiger partial charge on any atom is 0.159 e. The largest absolute Gasteiger partial charge is 0.295 e. The van der Waals surface area contributed by atoms with E-state index in [4.69, 9.17) is 0 Å². The summed E-state index contributed by atoms with van der Waals surface area (Å²) in [6.07, 6.45) is 18.2. The van der Waals surface area contributed by atoms with Gasteiger partial charge in [0.15, 0.2) is 5.78 Å². The van der Waals surface area contributed by atoms with Gasteiger partial charge in [0.2, 0.25) is 0 Å². The van der Waals surface area contributed by atoms with E-state index in [-0.39, 0.29) is 11.3 Å². The fourth-order valence-corrected chi connectivity index (χ4v) is 4.81. The number of carbonyl (C=O) groups is 1. The first-order valence-corrected chi connectivity index (χ1v) is 11.3. The molecule has 0 aliphatic heterocycles. The van der Waals surface area contributed by atoms with Crippen LogP contribution in [0.1, 0.15) is 81.1 Å². The summed E-state index contributed by atoms with van der Waals surface area (Å²) in [7, 11) is 0. The molecule has 152 valence electrons. The molecule has 5 atom stereocenters. The maximum absolute atomic E-state index is 11.9. The summed E-state index contributed by atoms with van der Waals surface area (Å²) in [6.45, 7) is 16.9. The Balaban J connectivity index is 0.000000466. The Bertz CT molecular complexity index is 604. The van der Waals surface area contributed by atoms with Gasteiger partial charge in [-0.2, -0.15) is 0 Å². The van der Waals surface area contributed by atoms with Gasteiger partial charge < -0.3 is 0 Å². The molecular formula is C26H42O. The van der Waals surface area contributed by atoms with Gasteiger partial charge in [-0.25, -0.2) is 0 Å². The van der Waals surface area contributed by atoms with Crippen LogP contribution < -0.4 is 0 Å². The van der Waals surface area contributed by atoms with Crippen molar-refractivity contribution in [3.8, 4) is 0 Å². The summed E-state index contributed by atoms with van der Waals surface area (Å²) in [5.41, 5.74) is 3.29. The van der Waals surface area contributed by atoms with Crippen molar-refractivity contribution in [3.05, 3.63) is 47.6 Å². The highest BCUT2D eigenvalue weighted by atomic mass is 16.1. The molecule has 0 saturated heterocycles. The zero-order chi connectivity index (χ0) is 20.6. The van der Waals surface area contributed by atoms with Crippen LogP contribution in [0.15, 0.2) is 47.6 Å². The molecular weight excluding hydrogens is 328 g/mol. The summed E-state index contributed by atoms with van der Waals surface area (Å²) < 4.78 is 0. The summed E-state index contributed by atoms with van der Waals surface area (Å²) in [5, 5.41) is 0. The number of carbonyl (C=O) groups excluding carboxylic acids is 1. The van der Waals surface area contributed by atoms with E-state index in [2.05, 4.69) is 58.1 Å². The molecule has 4 aliphatic rings. The third kappa shape index (κ3) is 4.73. The van der Waals surface area contributed by atoms with Crippen molar-refractivity contribution in [2.75, 3.05) is 0 Å². The van der Waals surface area contributed by atoms with E-state index in [1.807, 2.05) is 33.8 Å². The van der Waals surface area contributed by atoms with E-state index in [0.717, 1.165) is 12.8 Å². The second-order valence-electron chi connectivity index (χ2n) is 7.91. The van der Waals surface area contributed by atoms with Crippen molar-refractivity contribution in [2.45, 2.75) is 81.1 Å². The first-order valence-electron chi connectivity index (χ1n) is 11.3. The number of allylic oxidation sites excluding steroid dienone is 8.